The lowest BCUT2D eigenvalue weighted by molar-refractivity contribution is -0.140. The zero-order chi connectivity index (χ0) is 10.8. The van der Waals surface area contributed by atoms with Gasteiger partial charge in [0.2, 0.25) is 0 Å². The average molecular weight is 203 g/mol. The number of carbonyl (C=O) groups is 2. The number of benzene rings is 1. The molecule has 0 saturated heterocycles. The number of carbonyl (C=O) groups excluding carboxylic acids is 2. The molecule has 0 N–H and O–H groups in total. The molecular weight excluding hydrogens is 194 g/mol. The monoisotopic (exact) mass is 203 g/mol. The van der Waals surface area contributed by atoms with Crippen LogP contribution in [0.25, 0.3) is 10.9 Å². The van der Waals surface area contributed by atoms with E-state index in [2.05, 4.69) is 0 Å². The summed E-state index contributed by atoms with van der Waals surface area (Å²) < 4.78 is 1.31. The molecule has 15 heavy (non-hydrogen) atoms. The number of fused-ring (bicyclic) bond motifs is 1. The molecule has 0 unspecified atom stereocenters. The van der Waals surface area contributed by atoms with Crippen LogP contribution in [0.5, 0.6) is 0 Å². The summed E-state index contributed by atoms with van der Waals surface area (Å²) in [6, 6.07) is 7.23. The summed E-state index contributed by atoms with van der Waals surface area (Å²) in [5.74, 6) is -0.423. The van der Waals surface area contributed by atoms with Crippen LogP contribution in [0.15, 0.2) is 30.5 Å². The van der Waals surface area contributed by atoms with Crippen LogP contribution in [0, 0.1) is 0 Å². The molecule has 0 bridgehead atoms. The molecule has 4 heteroatoms. The smallest absolute Gasteiger partial charge is 0.329 e. The molecule has 1 heterocycles. The summed E-state index contributed by atoms with van der Waals surface area (Å²) in [4.78, 5) is 26.5. The number of hydrogen-bond acceptors (Lipinski definition) is 3. The van der Waals surface area contributed by atoms with Gasteiger partial charge < -0.3 is 4.84 Å². The topological polar surface area (TPSA) is 48.3 Å². The molecule has 0 aliphatic rings. The summed E-state index contributed by atoms with van der Waals surface area (Å²) in [6.45, 7) is 1.31. The van der Waals surface area contributed by atoms with Gasteiger partial charge in [-0.15, -0.1) is 0 Å². The van der Waals surface area contributed by atoms with E-state index >= 15 is 0 Å². The fourth-order valence-electron chi connectivity index (χ4n) is 1.48. The molecule has 4 nitrogen and oxygen atoms in total. The lowest BCUT2D eigenvalue weighted by Gasteiger charge is -2.01. The molecule has 0 saturated carbocycles. The third-order valence-electron chi connectivity index (χ3n) is 2.06. The van der Waals surface area contributed by atoms with Crippen molar-refractivity contribution in [2.45, 2.75) is 6.92 Å². The molecule has 2 rings (SSSR count). The van der Waals surface area contributed by atoms with Crippen molar-refractivity contribution in [3.63, 3.8) is 0 Å². The highest BCUT2D eigenvalue weighted by atomic mass is 16.7. The lowest BCUT2D eigenvalue weighted by Crippen LogP contribution is -2.15. The fourth-order valence-corrected chi connectivity index (χ4v) is 1.48. The largest absolute Gasteiger partial charge is 0.337 e. The molecule has 0 atom stereocenters. The van der Waals surface area contributed by atoms with Crippen molar-refractivity contribution in [3.05, 3.63) is 36.0 Å². The van der Waals surface area contributed by atoms with Gasteiger partial charge in [-0.25, -0.2) is 4.79 Å². The van der Waals surface area contributed by atoms with Crippen LogP contribution in [0.1, 0.15) is 17.3 Å². The van der Waals surface area contributed by atoms with Gasteiger partial charge in [0.15, 0.2) is 6.29 Å². The Hall–Kier alpha value is -2.10. The van der Waals surface area contributed by atoms with Gasteiger partial charge in [-0.2, -0.15) is 4.73 Å². The van der Waals surface area contributed by atoms with Crippen LogP contribution in [-0.2, 0) is 4.79 Å². The van der Waals surface area contributed by atoms with Crippen LogP contribution < -0.4 is 4.84 Å². The zero-order valence-corrected chi connectivity index (χ0v) is 8.14. The number of aromatic nitrogens is 1. The Labute approximate surface area is 86.0 Å². The third-order valence-corrected chi connectivity index (χ3v) is 2.06. The van der Waals surface area contributed by atoms with Crippen molar-refractivity contribution in [2.24, 2.45) is 0 Å². The van der Waals surface area contributed by atoms with E-state index in [0.717, 1.165) is 11.7 Å². The Balaban J connectivity index is 2.64. The van der Waals surface area contributed by atoms with Crippen LogP contribution >= 0.6 is 0 Å². The van der Waals surface area contributed by atoms with E-state index in [1.165, 1.54) is 17.9 Å². The fraction of sp³-hybridized carbons (Fsp3) is 0.0909. The molecule has 0 amide bonds. The molecule has 1 aromatic heterocycles. The Morgan fingerprint density at radius 2 is 2.13 bits per heavy atom. The van der Waals surface area contributed by atoms with E-state index in [4.69, 9.17) is 4.84 Å². The first-order valence-corrected chi connectivity index (χ1v) is 4.46. The number of hydrogen-bond donors (Lipinski definition) is 0. The molecule has 0 spiro atoms. The molecule has 76 valence electrons. The highest BCUT2D eigenvalue weighted by Crippen LogP contribution is 2.18. The number of para-hydroxylation sites is 1. The minimum absolute atomic E-state index is 0.423. The normalized spacial score (nSPS) is 10.2. The van der Waals surface area contributed by atoms with Crippen LogP contribution in [0.3, 0.4) is 0 Å². The second-order valence-electron chi connectivity index (χ2n) is 3.13. The Morgan fingerprint density at radius 3 is 2.80 bits per heavy atom. The van der Waals surface area contributed by atoms with Crippen LogP contribution in [0.4, 0.5) is 0 Å². The summed E-state index contributed by atoms with van der Waals surface area (Å²) in [6.07, 6.45) is 2.24. The van der Waals surface area contributed by atoms with Crippen molar-refractivity contribution >= 4 is 23.2 Å². The van der Waals surface area contributed by atoms with Crippen molar-refractivity contribution < 1.29 is 14.4 Å². The van der Waals surface area contributed by atoms with Crippen molar-refractivity contribution in [1.82, 2.24) is 4.73 Å². The Morgan fingerprint density at radius 1 is 1.40 bits per heavy atom. The summed E-state index contributed by atoms with van der Waals surface area (Å²) >= 11 is 0. The van der Waals surface area contributed by atoms with Crippen molar-refractivity contribution in [2.75, 3.05) is 0 Å². The van der Waals surface area contributed by atoms with Gasteiger partial charge in [0.05, 0.1) is 11.7 Å². The molecule has 0 fully saturated rings. The standard InChI is InChI=1S/C11H9NO3/c1-8(14)15-12-6-9(7-13)10-4-2-3-5-11(10)12/h2-7H,1H3. The predicted octanol–water partition coefficient (Wildman–Crippen LogP) is 1.43. The van der Waals surface area contributed by atoms with E-state index in [1.807, 2.05) is 12.1 Å². The van der Waals surface area contributed by atoms with E-state index in [0.29, 0.717) is 11.1 Å². The first-order chi connectivity index (χ1) is 7.22. The van der Waals surface area contributed by atoms with Crippen LogP contribution in [0.2, 0.25) is 0 Å². The van der Waals surface area contributed by atoms with E-state index in [1.54, 1.807) is 12.1 Å². The quantitative estimate of drug-likeness (QED) is 0.693. The van der Waals surface area contributed by atoms with Gasteiger partial charge in [0.25, 0.3) is 0 Å². The summed E-state index contributed by atoms with van der Waals surface area (Å²) in [5, 5.41) is 0.772. The molecular formula is C11H9NO3. The maximum atomic E-state index is 10.8. The summed E-state index contributed by atoms with van der Waals surface area (Å²) in [7, 11) is 0. The first kappa shape index (κ1) is 9.45. The van der Waals surface area contributed by atoms with Crippen LogP contribution in [-0.4, -0.2) is 17.0 Å². The maximum absolute atomic E-state index is 10.8. The predicted molar refractivity (Wildman–Crippen MR) is 54.6 cm³/mol. The average Bonchev–Trinajstić information content (AvgIpc) is 2.56. The molecule has 0 aliphatic carbocycles. The zero-order valence-electron chi connectivity index (χ0n) is 8.14. The highest BCUT2D eigenvalue weighted by Gasteiger charge is 2.08. The minimum Gasteiger partial charge on any atom is -0.337 e. The van der Waals surface area contributed by atoms with Gasteiger partial charge >= 0.3 is 5.97 Å². The van der Waals surface area contributed by atoms with Gasteiger partial charge in [-0.3, -0.25) is 4.79 Å². The molecule has 2 aromatic rings. The molecule has 0 aliphatic heterocycles. The number of rotatable bonds is 2. The summed E-state index contributed by atoms with van der Waals surface area (Å²) in [5.41, 5.74) is 1.21. The second kappa shape index (κ2) is 3.57. The number of aldehydes is 1. The SMILES string of the molecule is CC(=O)On1cc(C=O)c2ccccc21. The molecule has 1 aromatic carbocycles. The first-order valence-electron chi connectivity index (χ1n) is 4.46. The van der Waals surface area contributed by atoms with Crippen molar-refractivity contribution in [1.29, 1.82) is 0 Å². The van der Waals surface area contributed by atoms with Crippen molar-refractivity contribution in [3.8, 4) is 0 Å². The van der Waals surface area contributed by atoms with E-state index in [-0.39, 0.29) is 0 Å². The van der Waals surface area contributed by atoms with E-state index < -0.39 is 5.97 Å². The minimum atomic E-state index is -0.423. The Bertz CT molecular complexity index is 528. The highest BCUT2D eigenvalue weighted by molar-refractivity contribution is 5.97. The van der Waals surface area contributed by atoms with E-state index in [9.17, 15) is 9.59 Å². The van der Waals surface area contributed by atoms with Gasteiger partial charge in [0, 0.05) is 17.9 Å². The Kier molecular flexibility index (Phi) is 2.25. The molecule has 0 radical (unpaired) electrons. The second-order valence-corrected chi connectivity index (χ2v) is 3.13. The van der Waals surface area contributed by atoms with Gasteiger partial charge in [0.1, 0.15) is 0 Å². The van der Waals surface area contributed by atoms with Gasteiger partial charge in [-0.1, -0.05) is 18.2 Å². The maximum Gasteiger partial charge on any atom is 0.329 e. The number of nitrogens with zero attached hydrogens (tertiary/aromatic N) is 1. The van der Waals surface area contributed by atoms with Gasteiger partial charge in [-0.05, 0) is 6.07 Å². The third kappa shape index (κ3) is 1.61. The lowest BCUT2D eigenvalue weighted by atomic mass is 10.2.